The van der Waals surface area contributed by atoms with Crippen LogP contribution in [-0.4, -0.2) is 46.3 Å². The number of carboxylic acid groups (broad SMARTS) is 1. The molecule has 1 aromatic heterocycles. The Morgan fingerprint density at radius 2 is 1.86 bits per heavy atom. The lowest BCUT2D eigenvalue weighted by molar-refractivity contribution is -0.187. The topological polar surface area (TPSA) is 82.5 Å². The molecule has 0 bridgehead atoms. The van der Waals surface area contributed by atoms with Gasteiger partial charge >= 0.3 is 18.2 Å². The molecule has 28 heavy (non-hydrogen) atoms. The van der Waals surface area contributed by atoms with Crippen molar-refractivity contribution in [3.05, 3.63) is 48.3 Å². The summed E-state index contributed by atoms with van der Waals surface area (Å²) >= 11 is 0. The van der Waals surface area contributed by atoms with E-state index >= 15 is 0 Å². The van der Waals surface area contributed by atoms with Gasteiger partial charge in [-0.25, -0.2) is 4.79 Å². The summed E-state index contributed by atoms with van der Waals surface area (Å²) in [6.45, 7) is 0.682. The van der Waals surface area contributed by atoms with E-state index in [0.717, 1.165) is 21.6 Å². The van der Waals surface area contributed by atoms with Crippen LogP contribution in [0.15, 0.2) is 42.7 Å². The average Bonchev–Trinajstić information content (AvgIpc) is 3.09. The second-order valence-corrected chi connectivity index (χ2v) is 6.69. The van der Waals surface area contributed by atoms with Gasteiger partial charge in [-0.3, -0.25) is 9.78 Å². The van der Waals surface area contributed by atoms with Crippen molar-refractivity contribution in [1.82, 2.24) is 9.88 Å². The van der Waals surface area contributed by atoms with E-state index in [1.807, 2.05) is 19.1 Å². The Balaban J connectivity index is 1.73. The lowest BCUT2D eigenvalue weighted by Crippen LogP contribution is -2.35. The van der Waals surface area contributed by atoms with Crippen molar-refractivity contribution < 1.29 is 27.9 Å². The van der Waals surface area contributed by atoms with E-state index in [9.17, 15) is 22.8 Å². The molecular weight excluding hydrogens is 375 g/mol. The zero-order chi connectivity index (χ0) is 20.5. The molecule has 0 aliphatic carbocycles. The minimum atomic E-state index is -4.68. The highest BCUT2D eigenvalue weighted by Crippen LogP contribution is 2.38. The fourth-order valence-electron chi connectivity index (χ4n) is 3.35. The molecule has 1 aliphatic rings. The van der Waals surface area contributed by atoms with Crippen LogP contribution in [0, 0.1) is 18.8 Å². The van der Waals surface area contributed by atoms with Gasteiger partial charge < -0.3 is 15.3 Å². The minimum absolute atomic E-state index is 0.419. The van der Waals surface area contributed by atoms with Crippen LogP contribution in [0.5, 0.6) is 0 Å². The maximum Gasteiger partial charge on any atom is 0.394 e. The molecule has 148 valence electrons. The number of alkyl halides is 3. The molecule has 0 saturated carbocycles. The number of anilines is 1. The van der Waals surface area contributed by atoms with Gasteiger partial charge in [-0.05, 0) is 47.9 Å². The number of likely N-dealkylation sites (tertiary alicyclic amines) is 1. The summed E-state index contributed by atoms with van der Waals surface area (Å²) in [4.78, 5) is 28.4. The van der Waals surface area contributed by atoms with Gasteiger partial charge in [-0.15, -0.1) is 0 Å². The van der Waals surface area contributed by atoms with Crippen LogP contribution in [0.2, 0.25) is 0 Å². The fraction of sp³-hybridized carbons (Fsp3) is 0.316. The molecule has 2 amide bonds. The Morgan fingerprint density at radius 3 is 2.39 bits per heavy atom. The quantitative estimate of drug-likeness (QED) is 0.831. The number of nitrogens with one attached hydrogen (secondary N) is 1. The molecule has 0 radical (unpaired) electrons. The highest BCUT2D eigenvalue weighted by molar-refractivity contribution is 5.90. The van der Waals surface area contributed by atoms with E-state index < -0.39 is 43.1 Å². The predicted octanol–water partition coefficient (Wildman–Crippen LogP) is 3.78. The first-order chi connectivity index (χ1) is 13.2. The summed E-state index contributed by atoms with van der Waals surface area (Å²) in [5, 5.41) is 11.6. The van der Waals surface area contributed by atoms with Crippen molar-refractivity contribution in [2.24, 2.45) is 11.8 Å². The van der Waals surface area contributed by atoms with Crippen LogP contribution < -0.4 is 5.32 Å². The van der Waals surface area contributed by atoms with Gasteiger partial charge in [0, 0.05) is 31.2 Å². The van der Waals surface area contributed by atoms with Crippen molar-refractivity contribution in [3.63, 3.8) is 0 Å². The first-order valence-corrected chi connectivity index (χ1v) is 8.53. The van der Waals surface area contributed by atoms with Crippen molar-refractivity contribution in [3.8, 4) is 11.1 Å². The van der Waals surface area contributed by atoms with Crippen LogP contribution >= 0.6 is 0 Å². The van der Waals surface area contributed by atoms with E-state index in [4.69, 9.17) is 5.11 Å². The van der Waals surface area contributed by atoms with Crippen molar-refractivity contribution in [2.75, 3.05) is 18.4 Å². The molecule has 1 saturated heterocycles. The number of amides is 2. The third kappa shape index (κ3) is 4.08. The van der Waals surface area contributed by atoms with Crippen LogP contribution in [0.4, 0.5) is 23.7 Å². The normalized spacial score (nSPS) is 19.5. The van der Waals surface area contributed by atoms with Gasteiger partial charge in [0.1, 0.15) is 0 Å². The molecule has 1 fully saturated rings. The zero-order valence-corrected chi connectivity index (χ0v) is 14.9. The number of carboxylic acids is 1. The highest BCUT2D eigenvalue weighted by Gasteiger charge is 2.53. The predicted molar refractivity (Wildman–Crippen MR) is 95.7 cm³/mol. The van der Waals surface area contributed by atoms with Gasteiger partial charge in [0.15, 0.2) is 0 Å². The Morgan fingerprint density at radius 1 is 1.18 bits per heavy atom. The van der Waals surface area contributed by atoms with Crippen LogP contribution in [0.1, 0.15) is 5.56 Å². The van der Waals surface area contributed by atoms with Gasteiger partial charge in [-0.2, -0.15) is 13.2 Å². The summed E-state index contributed by atoms with van der Waals surface area (Å²) in [6, 6.07) is 8.08. The molecule has 1 aromatic carbocycles. The first-order valence-electron chi connectivity index (χ1n) is 8.53. The molecule has 2 N–H and O–H groups in total. The second-order valence-electron chi connectivity index (χ2n) is 6.69. The number of aliphatic carboxylic acids is 1. The lowest BCUT2D eigenvalue weighted by atomic mass is 9.96. The maximum absolute atomic E-state index is 13.1. The molecule has 2 aromatic rings. The van der Waals surface area contributed by atoms with Gasteiger partial charge in [0.05, 0.1) is 11.8 Å². The average molecular weight is 393 g/mol. The number of aromatic nitrogens is 1. The van der Waals surface area contributed by atoms with Crippen LogP contribution in [0.3, 0.4) is 0 Å². The van der Waals surface area contributed by atoms with Gasteiger partial charge in [-0.1, -0.05) is 6.07 Å². The summed E-state index contributed by atoms with van der Waals surface area (Å²) in [5.74, 6) is -5.30. The number of hydrogen-bond acceptors (Lipinski definition) is 3. The molecule has 0 unspecified atom stereocenters. The van der Waals surface area contributed by atoms with Gasteiger partial charge in [0.25, 0.3) is 0 Å². The number of nitrogens with zero attached hydrogens (tertiary/aromatic N) is 2. The van der Waals surface area contributed by atoms with Crippen molar-refractivity contribution in [2.45, 2.75) is 13.1 Å². The molecular formula is C19H18F3N3O3. The first kappa shape index (κ1) is 19.7. The summed E-state index contributed by atoms with van der Waals surface area (Å²) in [7, 11) is 0. The zero-order valence-electron chi connectivity index (χ0n) is 14.9. The molecule has 2 atom stereocenters. The second kappa shape index (κ2) is 7.49. The Labute approximate surface area is 159 Å². The number of hydrogen-bond donors (Lipinski definition) is 2. The number of urea groups is 1. The maximum atomic E-state index is 13.1. The SMILES string of the molecule is Cc1cc(NC(=O)N2C[C@@H](C(F)(F)F)[C@H](C(=O)O)C2)ccc1-c1ccncc1. The van der Waals surface area contributed by atoms with Crippen molar-refractivity contribution >= 4 is 17.7 Å². The fourth-order valence-corrected chi connectivity index (χ4v) is 3.35. The Kier molecular flexibility index (Phi) is 5.26. The summed E-state index contributed by atoms with van der Waals surface area (Å²) in [6.07, 6.45) is -1.36. The number of aryl methyl sites for hydroxylation is 1. The molecule has 6 nitrogen and oxygen atoms in total. The molecule has 1 aliphatic heterocycles. The van der Waals surface area contributed by atoms with Crippen LogP contribution in [0.25, 0.3) is 11.1 Å². The Bertz CT molecular complexity index is 887. The molecule has 9 heteroatoms. The minimum Gasteiger partial charge on any atom is -0.481 e. The van der Waals surface area contributed by atoms with E-state index in [1.54, 1.807) is 30.6 Å². The van der Waals surface area contributed by atoms with Crippen LogP contribution in [-0.2, 0) is 4.79 Å². The highest BCUT2D eigenvalue weighted by atomic mass is 19.4. The molecule has 3 rings (SSSR count). The number of benzene rings is 1. The number of rotatable bonds is 3. The van der Waals surface area contributed by atoms with Crippen molar-refractivity contribution in [1.29, 1.82) is 0 Å². The van der Waals surface area contributed by atoms with E-state index in [0.29, 0.717) is 5.69 Å². The molecule has 2 heterocycles. The largest absolute Gasteiger partial charge is 0.481 e. The number of carbonyl (C=O) groups excluding carboxylic acids is 1. The number of pyridine rings is 1. The summed E-state index contributed by atoms with van der Waals surface area (Å²) < 4.78 is 39.2. The van der Waals surface area contributed by atoms with E-state index in [2.05, 4.69) is 10.3 Å². The van der Waals surface area contributed by atoms with E-state index in [-0.39, 0.29) is 0 Å². The smallest absolute Gasteiger partial charge is 0.394 e. The Hall–Kier alpha value is -3.10. The van der Waals surface area contributed by atoms with E-state index in [1.165, 1.54) is 0 Å². The number of carbonyl (C=O) groups is 2. The monoisotopic (exact) mass is 393 g/mol. The molecule has 0 spiro atoms. The summed E-state index contributed by atoms with van der Waals surface area (Å²) in [5.41, 5.74) is 3.16. The third-order valence-electron chi connectivity index (χ3n) is 4.81. The standard InChI is InChI=1S/C19H18F3N3O3/c1-11-8-13(2-3-14(11)12-4-6-23-7-5-12)24-18(28)25-9-15(17(26)27)16(10-25)19(20,21)22/h2-8,15-16H,9-10H2,1H3,(H,24,28)(H,26,27)/t15-,16-/m1/s1. The lowest BCUT2D eigenvalue weighted by Gasteiger charge is -2.19. The number of halogens is 3. The van der Waals surface area contributed by atoms with Gasteiger partial charge in [0.2, 0.25) is 0 Å². The third-order valence-corrected chi connectivity index (χ3v) is 4.81.